The summed E-state index contributed by atoms with van der Waals surface area (Å²) < 4.78 is 44.0. The molecular formula is C27H31F3N4O2. The Labute approximate surface area is 208 Å². The van der Waals surface area contributed by atoms with E-state index in [4.69, 9.17) is 4.74 Å². The Morgan fingerprint density at radius 3 is 2.58 bits per heavy atom. The van der Waals surface area contributed by atoms with E-state index in [0.717, 1.165) is 60.1 Å². The second-order valence-corrected chi connectivity index (χ2v) is 9.31. The molecule has 3 aromatic rings. The number of ketones is 1. The third-order valence-electron chi connectivity index (χ3n) is 6.85. The monoisotopic (exact) mass is 500 g/mol. The first-order chi connectivity index (χ1) is 17.2. The van der Waals surface area contributed by atoms with Crippen molar-refractivity contribution < 1.29 is 22.7 Å². The fourth-order valence-electron chi connectivity index (χ4n) is 4.84. The van der Waals surface area contributed by atoms with Gasteiger partial charge in [-0.15, -0.1) is 5.10 Å². The maximum Gasteiger partial charge on any atom is 0.416 e. The zero-order valence-electron chi connectivity index (χ0n) is 20.7. The number of hydrogen-bond acceptors (Lipinski definition) is 5. The predicted molar refractivity (Wildman–Crippen MR) is 131 cm³/mol. The fourth-order valence-corrected chi connectivity index (χ4v) is 4.84. The average molecular weight is 501 g/mol. The summed E-state index contributed by atoms with van der Waals surface area (Å²) in [6.07, 6.45) is -0.195. The predicted octanol–water partition coefficient (Wildman–Crippen LogP) is 5.87. The summed E-state index contributed by atoms with van der Waals surface area (Å²) in [6.45, 7) is 4.68. The number of H-pyrrole nitrogens is 1. The molecule has 4 rings (SSSR count). The molecule has 9 heteroatoms. The summed E-state index contributed by atoms with van der Waals surface area (Å²) in [5.74, 6) is 0.523. The van der Waals surface area contributed by atoms with Crippen molar-refractivity contribution in [1.82, 2.24) is 20.5 Å². The number of rotatable bonds is 8. The van der Waals surface area contributed by atoms with Crippen LogP contribution in [0.15, 0.2) is 36.4 Å². The number of ether oxygens (including phenoxy) is 1. The molecule has 2 unspecified atom stereocenters. The van der Waals surface area contributed by atoms with Crippen molar-refractivity contribution in [3.63, 3.8) is 0 Å². The van der Waals surface area contributed by atoms with Crippen LogP contribution in [-0.4, -0.2) is 40.7 Å². The van der Waals surface area contributed by atoms with Crippen molar-refractivity contribution >= 4 is 5.78 Å². The van der Waals surface area contributed by atoms with E-state index in [1.165, 1.54) is 19.2 Å². The summed E-state index contributed by atoms with van der Waals surface area (Å²) in [4.78, 5) is 18.1. The van der Waals surface area contributed by atoms with Crippen LogP contribution in [0.25, 0.3) is 11.4 Å². The van der Waals surface area contributed by atoms with E-state index < -0.39 is 17.8 Å². The van der Waals surface area contributed by atoms with Crippen LogP contribution in [0.2, 0.25) is 0 Å². The van der Waals surface area contributed by atoms with Crippen molar-refractivity contribution in [3.05, 3.63) is 64.2 Å². The van der Waals surface area contributed by atoms with Crippen molar-refractivity contribution in [2.24, 2.45) is 0 Å². The van der Waals surface area contributed by atoms with E-state index in [-0.39, 0.29) is 17.7 Å². The maximum absolute atomic E-state index is 13.7. The smallest absolute Gasteiger partial charge is 0.416 e. The standard InChI is InChI=1S/C27H31F3N4O2/c1-4-5-6-19-13-16(2)21(15-22(19)25-32-26(36-3)34-33-25)24(35)23-14-18(11-12-31-23)17-7-9-20(10-8-17)27(28,29)30/h7-10,13,15,18,23,31H,4-6,11-12,14H2,1-3H3,(H,32,33,34). The highest BCUT2D eigenvalue weighted by atomic mass is 19.4. The molecule has 2 heterocycles. The number of halogens is 3. The van der Waals surface area contributed by atoms with E-state index in [0.29, 0.717) is 24.4 Å². The van der Waals surface area contributed by atoms with Gasteiger partial charge in [0.1, 0.15) is 0 Å². The number of unbranched alkanes of at least 4 members (excludes halogenated alkanes) is 1. The molecule has 0 radical (unpaired) electrons. The number of aromatic nitrogens is 3. The van der Waals surface area contributed by atoms with Crippen LogP contribution in [0.1, 0.15) is 71.1 Å². The molecule has 1 aliphatic heterocycles. The molecule has 0 saturated carbocycles. The Morgan fingerprint density at radius 2 is 1.94 bits per heavy atom. The number of aryl methyl sites for hydroxylation is 2. The summed E-state index contributed by atoms with van der Waals surface area (Å²) in [5.41, 5.74) is 3.56. The largest absolute Gasteiger partial charge is 0.466 e. The summed E-state index contributed by atoms with van der Waals surface area (Å²) in [7, 11) is 1.50. The highest BCUT2D eigenvalue weighted by Crippen LogP contribution is 2.34. The SMILES string of the molecule is CCCCc1cc(C)c(C(=O)C2CC(c3ccc(C(F)(F)F)cc3)CCN2)cc1-c1nc(OC)n[nH]1. The van der Waals surface area contributed by atoms with Crippen molar-refractivity contribution in [1.29, 1.82) is 0 Å². The fraction of sp³-hybridized carbons (Fsp3) is 0.444. The number of Topliss-reactive ketones (excluding diaryl/α,β-unsaturated/α-hetero) is 1. The maximum atomic E-state index is 13.7. The van der Waals surface area contributed by atoms with Crippen LogP contribution in [0.3, 0.4) is 0 Å². The molecule has 0 amide bonds. The number of aromatic amines is 1. The number of hydrogen-bond donors (Lipinski definition) is 2. The van der Waals surface area contributed by atoms with Crippen molar-refractivity contribution in [2.45, 2.75) is 64.1 Å². The van der Waals surface area contributed by atoms with Gasteiger partial charge in [0, 0.05) is 11.1 Å². The lowest BCUT2D eigenvalue weighted by atomic mass is 9.82. The quantitative estimate of drug-likeness (QED) is 0.378. The Kier molecular flexibility index (Phi) is 7.78. The Balaban J connectivity index is 1.60. The second-order valence-electron chi connectivity index (χ2n) is 9.31. The topological polar surface area (TPSA) is 79.9 Å². The van der Waals surface area contributed by atoms with Gasteiger partial charge in [0.15, 0.2) is 11.6 Å². The average Bonchev–Trinajstić information content (AvgIpc) is 3.36. The number of piperidine rings is 1. The first-order valence-electron chi connectivity index (χ1n) is 12.3. The van der Waals surface area contributed by atoms with E-state index in [9.17, 15) is 18.0 Å². The molecule has 0 spiro atoms. The number of carbonyl (C=O) groups excluding carboxylic acids is 1. The lowest BCUT2D eigenvalue weighted by molar-refractivity contribution is -0.137. The minimum absolute atomic E-state index is 0.00428. The lowest BCUT2D eigenvalue weighted by Gasteiger charge is -2.30. The first-order valence-corrected chi connectivity index (χ1v) is 12.3. The Hall–Kier alpha value is -3.20. The molecule has 0 aliphatic carbocycles. The number of nitrogens with one attached hydrogen (secondary N) is 2. The lowest BCUT2D eigenvalue weighted by Crippen LogP contribution is -2.43. The number of methoxy groups -OCH3 is 1. The van der Waals surface area contributed by atoms with Crippen LogP contribution >= 0.6 is 0 Å². The van der Waals surface area contributed by atoms with Gasteiger partial charge in [0.2, 0.25) is 0 Å². The van der Waals surface area contributed by atoms with Gasteiger partial charge in [-0.05, 0) is 80.0 Å². The van der Waals surface area contributed by atoms with Gasteiger partial charge in [-0.25, -0.2) is 0 Å². The molecule has 1 aliphatic rings. The van der Waals surface area contributed by atoms with Crippen LogP contribution in [-0.2, 0) is 12.6 Å². The molecule has 2 atom stereocenters. The minimum atomic E-state index is -4.36. The van der Waals surface area contributed by atoms with Gasteiger partial charge < -0.3 is 10.1 Å². The molecule has 6 nitrogen and oxygen atoms in total. The molecule has 0 bridgehead atoms. The van der Waals surface area contributed by atoms with Crippen molar-refractivity contribution in [3.8, 4) is 17.4 Å². The molecule has 36 heavy (non-hydrogen) atoms. The number of benzene rings is 2. The summed E-state index contributed by atoms with van der Waals surface area (Å²) >= 11 is 0. The zero-order chi connectivity index (χ0) is 25.9. The van der Waals surface area contributed by atoms with Crippen LogP contribution in [0, 0.1) is 6.92 Å². The van der Waals surface area contributed by atoms with E-state index in [1.807, 2.05) is 19.1 Å². The van der Waals surface area contributed by atoms with Gasteiger partial charge in [0.25, 0.3) is 0 Å². The number of carbonyl (C=O) groups is 1. The van der Waals surface area contributed by atoms with Gasteiger partial charge in [-0.1, -0.05) is 31.5 Å². The Morgan fingerprint density at radius 1 is 1.19 bits per heavy atom. The Bertz CT molecular complexity index is 1200. The van der Waals surface area contributed by atoms with E-state index >= 15 is 0 Å². The van der Waals surface area contributed by atoms with Gasteiger partial charge in [-0.2, -0.15) is 18.2 Å². The molecule has 1 saturated heterocycles. The third-order valence-corrected chi connectivity index (χ3v) is 6.85. The van der Waals surface area contributed by atoms with Gasteiger partial charge in [-0.3, -0.25) is 9.89 Å². The van der Waals surface area contributed by atoms with Gasteiger partial charge in [0.05, 0.1) is 18.7 Å². The molecule has 192 valence electrons. The molecule has 1 aromatic heterocycles. The highest BCUT2D eigenvalue weighted by Gasteiger charge is 2.32. The second kappa shape index (κ2) is 10.8. The van der Waals surface area contributed by atoms with Crippen LogP contribution in [0.5, 0.6) is 6.01 Å². The molecular weight excluding hydrogens is 469 g/mol. The highest BCUT2D eigenvalue weighted by molar-refractivity contribution is 6.02. The van der Waals surface area contributed by atoms with Crippen molar-refractivity contribution in [2.75, 3.05) is 13.7 Å². The summed E-state index contributed by atoms with van der Waals surface area (Å²) in [5, 5.41) is 10.3. The molecule has 1 fully saturated rings. The van der Waals surface area contributed by atoms with Gasteiger partial charge >= 0.3 is 12.2 Å². The third kappa shape index (κ3) is 5.61. The normalized spacial score (nSPS) is 18.3. The first kappa shape index (κ1) is 25.9. The summed E-state index contributed by atoms with van der Waals surface area (Å²) in [6, 6.07) is 9.02. The molecule has 2 N–H and O–H groups in total. The minimum Gasteiger partial charge on any atom is -0.466 e. The number of nitrogens with zero attached hydrogens (tertiary/aromatic N) is 2. The van der Waals surface area contributed by atoms with E-state index in [1.54, 1.807) is 0 Å². The van der Waals surface area contributed by atoms with Crippen LogP contribution < -0.4 is 10.1 Å². The van der Waals surface area contributed by atoms with Crippen LogP contribution in [0.4, 0.5) is 13.2 Å². The molecule has 2 aromatic carbocycles. The van der Waals surface area contributed by atoms with E-state index in [2.05, 4.69) is 27.4 Å². The number of alkyl halides is 3. The zero-order valence-corrected chi connectivity index (χ0v) is 20.7.